The number of rotatable bonds is 6. The SMILES string of the molecule is CCOCC(=O)N1CCC[C@]2(C[C@H](OCc3ccncc3)CO2)C1.O=C(O)C(F)(F)F. The highest BCUT2D eigenvalue weighted by Gasteiger charge is 2.44. The van der Waals surface area contributed by atoms with Gasteiger partial charge in [0.25, 0.3) is 0 Å². The Kier molecular flexibility index (Phi) is 9.20. The summed E-state index contributed by atoms with van der Waals surface area (Å²) >= 11 is 0. The molecule has 0 aromatic carbocycles. The molecule has 2 aliphatic rings. The molecular weight excluding hydrogens is 421 g/mol. The summed E-state index contributed by atoms with van der Waals surface area (Å²) in [4.78, 5) is 27.0. The quantitative estimate of drug-likeness (QED) is 0.714. The molecule has 8 nitrogen and oxygen atoms in total. The Labute approximate surface area is 178 Å². The van der Waals surface area contributed by atoms with Gasteiger partial charge >= 0.3 is 12.1 Å². The van der Waals surface area contributed by atoms with Crippen LogP contribution in [-0.4, -0.2) is 77.7 Å². The second-order valence-electron chi connectivity index (χ2n) is 7.35. The highest BCUT2D eigenvalue weighted by molar-refractivity contribution is 5.77. The first-order chi connectivity index (χ1) is 14.6. The van der Waals surface area contributed by atoms with Crippen LogP contribution in [0.15, 0.2) is 24.5 Å². The Morgan fingerprint density at radius 3 is 2.65 bits per heavy atom. The van der Waals surface area contributed by atoms with Crippen molar-refractivity contribution in [1.82, 2.24) is 9.88 Å². The van der Waals surface area contributed by atoms with E-state index >= 15 is 0 Å². The number of carbonyl (C=O) groups excluding carboxylic acids is 1. The van der Waals surface area contributed by atoms with Crippen molar-refractivity contribution in [1.29, 1.82) is 0 Å². The van der Waals surface area contributed by atoms with Crippen molar-refractivity contribution in [3.8, 4) is 0 Å². The monoisotopic (exact) mass is 448 g/mol. The average Bonchev–Trinajstić information content (AvgIpc) is 3.13. The van der Waals surface area contributed by atoms with E-state index in [9.17, 15) is 18.0 Å². The second-order valence-corrected chi connectivity index (χ2v) is 7.35. The molecule has 31 heavy (non-hydrogen) atoms. The molecule has 174 valence electrons. The lowest BCUT2D eigenvalue weighted by atomic mass is 9.89. The van der Waals surface area contributed by atoms with Crippen molar-refractivity contribution in [2.45, 2.75) is 50.7 Å². The van der Waals surface area contributed by atoms with Gasteiger partial charge in [0.2, 0.25) is 5.91 Å². The Morgan fingerprint density at radius 1 is 1.35 bits per heavy atom. The second kappa shape index (κ2) is 11.4. The van der Waals surface area contributed by atoms with Crippen LogP contribution >= 0.6 is 0 Å². The Hall–Kier alpha value is -2.24. The van der Waals surface area contributed by atoms with Gasteiger partial charge in [0, 0.05) is 38.5 Å². The van der Waals surface area contributed by atoms with E-state index in [1.807, 2.05) is 24.0 Å². The van der Waals surface area contributed by atoms with Crippen molar-refractivity contribution >= 4 is 11.9 Å². The molecule has 2 atom stereocenters. The van der Waals surface area contributed by atoms with Gasteiger partial charge in [0.15, 0.2) is 0 Å². The van der Waals surface area contributed by atoms with Crippen LogP contribution < -0.4 is 0 Å². The molecule has 0 bridgehead atoms. The van der Waals surface area contributed by atoms with Gasteiger partial charge in [-0.15, -0.1) is 0 Å². The maximum atomic E-state index is 12.2. The van der Waals surface area contributed by atoms with Gasteiger partial charge in [0.05, 0.1) is 24.9 Å². The number of pyridine rings is 1. The molecule has 1 aromatic rings. The van der Waals surface area contributed by atoms with Gasteiger partial charge in [-0.1, -0.05) is 0 Å². The molecular formula is C20H27F3N2O6. The molecule has 0 aliphatic carbocycles. The summed E-state index contributed by atoms with van der Waals surface area (Å²) in [7, 11) is 0. The fraction of sp³-hybridized carbons (Fsp3) is 0.650. The Balaban J connectivity index is 0.000000423. The summed E-state index contributed by atoms with van der Waals surface area (Å²) in [6.45, 7) is 5.22. The van der Waals surface area contributed by atoms with Gasteiger partial charge in [-0.25, -0.2) is 4.79 Å². The van der Waals surface area contributed by atoms with Gasteiger partial charge in [-0.2, -0.15) is 13.2 Å². The van der Waals surface area contributed by atoms with Crippen molar-refractivity contribution < 1.29 is 42.1 Å². The minimum Gasteiger partial charge on any atom is -0.475 e. The number of likely N-dealkylation sites (tertiary alicyclic amines) is 1. The fourth-order valence-electron chi connectivity index (χ4n) is 3.48. The number of carboxylic acid groups (broad SMARTS) is 1. The zero-order valence-electron chi connectivity index (χ0n) is 17.3. The fourth-order valence-corrected chi connectivity index (χ4v) is 3.48. The summed E-state index contributed by atoms with van der Waals surface area (Å²) in [6.07, 6.45) is 1.34. The number of amides is 1. The van der Waals surface area contributed by atoms with Gasteiger partial charge in [-0.05, 0) is 37.5 Å². The molecule has 0 radical (unpaired) electrons. The molecule has 2 saturated heterocycles. The first kappa shape index (κ1) is 25.0. The van der Waals surface area contributed by atoms with Crippen molar-refractivity contribution in [3.63, 3.8) is 0 Å². The topological polar surface area (TPSA) is 98.2 Å². The van der Waals surface area contributed by atoms with Crippen molar-refractivity contribution in [3.05, 3.63) is 30.1 Å². The number of aromatic nitrogens is 1. The number of hydrogen-bond donors (Lipinski definition) is 1. The highest BCUT2D eigenvalue weighted by Crippen LogP contribution is 2.36. The molecule has 1 amide bonds. The molecule has 0 unspecified atom stereocenters. The molecule has 1 N–H and O–H groups in total. The average molecular weight is 448 g/mol. The lowest BCUT2D eigenvalue weighted by Crippen LogP contribution is -2.51. The third-order valence-corrected chi connectivity index (χ3v) is 4.97. The zero-order chi connectivity index (χ0) is 22.9. The van der Waals surface area contributed by atoms with Crippen LogP contribution in [0, 0.1) is 0 Å². The normalized spacial score (nSPS) is 23.4. The molecule has 3 heterocycles. The standard InChI is InChI=1S/C18H26N2O4.C2HF3O2/c1-2-22-13-17(21)20-9-3-6-18(14-20)10-16(12-24-18)23-11-15-4-7-19-8-5-15;3-2(4,5)1(6)7/h4-5,7-8,16H,2-3,6,9-14H2,1H3;(H,6,7)/t16-,18-;/m0./s1. The molecule has 1 aromatic heterocycles. The third-order valence-electron chi connectivity index (χ3n) is 4.97. The summed E-state index contributed by atoms with van der Waals surface area (Å²) < 4.78 is 49.1. The van der Waals surface area contributed by atoms with E-state index in [4.69, 9.17) is 24.1 Å². The molecule has 1 spiro atoms. The maximum Gasteiger partial charge on any atom is 0.490 e. The number of ether oxygens (including phenoxy) is 3. The van der Waals surface area contributed by atoms with Crippen LogP contribution in [0.25, 0.3) is 0 Å². The van der Waals surface area contributed by atoms with Crippen molar-refractivity contribution in [2.24, 2.45) is 0 Å². The van der Waals surface area contributed by atoms with E-state index in [0.717, 1.165) is 31.4 Å². The van der Waals surface area contributed by atoms with E-state index in [2.05, 4.69) is 4.98 Å². The Bertz CT molecular complexity index is 719. The van der Waals surface area contributed by atoms with Gasteiger partial charge in [-0.3, -0.25) is 9.78 Å². The number of carbonyl (C=O) groups is 2. The van der Waals surface area contributed by atoms with E-state index in [-0.39, 0.29) is 24.2 Å². The van der Waals surface area contributed by atoms with Gasteiger partial charge < -0.3 is 24.2 Å². The lowest BCUT2D eigenvalue weighted by molar-refractivity contribution is -0.192. The van der Waals surface area contributed by atoms with Crippen LogP contribution in [0.2, 0.25) is 0 Å². The van der Waals surface area contributed by atoms with E-state index in [1.165, 1.54) is 0 Å². The number of alkyl halides is 3. The molecule has 2 aliphatic heterocycles. The molecule has 3 rings (SSSR count). The number of piperidine rings is 1. The first-order valence-electron chi connectivity index (χ1n) is 9.95. The van der Waals surface area contributed by atoms with Crippen LogP contribution in [-0.2, 0) is 30.4 Å². The number of carboxylic acids is 1. The lowest BCUT2D eigenvalue weighted by Gasteiger charge is -2.39. The number of nitrogens with zero attached hydrogens (tertiary/aromatic N) is 2. The van der Waals surface area contributed by atoms with Crippen LogP contribution in [0.3, 0.4) is 0 Å². The summed E-state index contributed by atoms with van der Waals surface area (Å²) in [5, 5.41) is 7.12. The zero-order valence-corrected chi connectivity index (χ0v) is 17.3. The molecule has 11 heteroatoms. The smallest absolute Gasteiger partial charge is 0.475 e. The van der Waals surface area contributed by atoms with E-state index < -0.39 is 12.1 Å². The maximum absolute atomic E-state index is 12.2. The largest absolute Gasteiger partial charge is 0.490 e. The number of hydrogen-bond acceptors (Lipinski definition) is 6. The first-order valence-corrected chi connectivity index (χ1v) is 9.95. The number of aliphatic carboxylic acids is 1. The van der Waals surface area contributed by atoms with E-state index in [1.54, 1.807) is 12.4 Å². The highest BCUT2D eigenvalue weighted by atomic mass is 19.4. The predicted molar refractivity (Wildman–Crippen MR) is 102 cm³/mol. The minimum absolute atomic E-state index is 0.0562. The minimum atomic E-state index is -5.08. The number of halogens is 3. The van der Waals surface area contributed by atoms with Crippen LogP contribution in [0.5, 0.6) is 0 Å². The Morgan fingerprint density at radius 2 is 2.03 bits per heavy atom. The summed E-state index contributed by atoms with van der Waals surface area (Å²) in [5.74, 6) is -2.70. The third kappa shape index (κ3) is 8.08. The predicted octanol–water partition coefficient (Wildman–Crippen LogP) is 2.42. The van der Waals surface area contributed by atoms with Crippen LogP contribution in [0.1, 0.15) is 31.7 Å². The van der Waals surface area contributed by atoms with Crippen molar-refractivity contribution in [2.75, 3.05) is 32.9 Å². The van der Waals surface area contributed by atoms with Crippen LogP contribution in [0.4, 0.5) is 13.2 Å². The molecule has 2 fully saturated rings. The van der Waals surface area contributed by atoms with Gasteiger partial charge in [0.1, 0.15) is 6.61 Å². The summed E-state index contributed by atoms with van der Waals surface area (Å²) in [6, 6.07) is 3.92. The van der Waals surface area contributed by atoms with E-state index in [0.29, 0.717) is 26.4 Å². The molecule has 0 saturated carbocycles. The summed E-state index contributed by atoms with van der Waals surface area (Å²) in [5.41, 5.74) is 0.867.